The number of fused-ring (bicyclic) bond motifs is 3. The number of likely N-dealkylation sites (N-methyl/N-ethyl adjacent to an activating group) is 1. The highest BCUT2D eigenvalue weighted by Gasteiger charge is 2.35. The van der Waals surface area contributed by atoms with Crippen molar-refractivity contribution < 1.29 is 9.53 Å². The maximum Gasteiger partial charge on any atom is 0.255 e. The van der Waals surface area contributed by atoms with Crippen LogP contribution in [0.15, 0.2) is 18.5 Å². The molecule has 2 aliphatic rings. The first kappa shape index (κ1) is 13.5. The van der Waals surface area contributed by atoms with Crippen LogP contribution in [0, 0.1) is 12.8 Å². The molecular formula is C15H21N3O2. The monoisotopic (exact) mass is 275 g/mol. The van der Waals surface area contributed by atoms with Gasteiger partial charge in [0, 0.05) is 37.9 Å². The van der Waals surface area contributed by atoms with Crippen molar-refractivity contribution in [2.75, 3.05) is 39.9 Å². The fourth-order valence-electron chi connectivity index (χ4n) is 3.16. The molecule has 20 heavy (non-hydrogen) atoms. The highest BCUT2D eigenvalue weighted by molar-refractivity contribution is 5.94. The van der Waals surface area contributed by atoms with Crippen molar-refractivity contribution >= 4 is 5.91 Å². The van der Waals surface area contributed by atoms with Crippen LogP contribution < -0.4 is 0 Å². The molecule has 0 saturated carbocycles. The van der Waals surface area contributed by atoms with Gasteiger partial charge in [-0.2, -0.15) is 0 Å². The molecule has 2 fully saturated rings. The number of aromatic nitrogens is 1. The van der Waals surface area contributed by atoms with Crippen molar-refractivity contribution in [1.29, 1.82) is 0 Å². The van der Waals surface area contributed by atoms with Crippen LogP contribution in [0.1, 0.15) is 15.9 Å². The molecule has 2 saturated heterocycles. The molecule has 1 aromatic heterocycles. The third kappa shape index (κ3) is 2.69. The van der Waals surface area contributed by atoms with Crippen LogP contribution in [0.3, 0.4) is 0 Å². The van der Waals surface area contributed by atoms with E-state index >= 15 is 0 Å². The molecule has 2 atom stereocenters. The summed E-state index contributed by atoms with van der Waals surface area (Å²) in [6, 6.07) is 2.05. The Morgan fingerprint density at radius 2 is 2.15 bits per heavy atom. The van der Waals surface area contributed by atoms with E-state index in [1.54, 1.807) is 12.4 Å². The van der Waals surface area contributed by atoms with Crippen molar-refractivity contribution in [3.05, 3.63) is 29.6 Å². The van der Waals surface area contributed by atoms with Crippen LogP contribution in [0.5, 0.6) is 0 Å². The molecule has 3 heterocycles. The molecule has 0 radical (unpaired) electrons. The summed E-state index contributed by atoms with van der Waals surface area (Å²) in [5.74, 6) is 0.478. The number of hydrogen-bond donors (Lipinski definition) is 0. The number of aryl methyl sites for hydroxylation is 1. The predicted octanol–water partition coefficient (Wildman–Crippen LogP) is 0.793. The van der Waals surface area contributed by atoms with Gasteiger partial charge in [0.15, 0.2) is 0 Å². The van der Waals surface area contributed by atoms with E-state index in [0.29, 0.717) is 18.1 Å². The molecule has 3 rings (SSSR count). The van der Waals surface area contributed by atoms with Crippen molar-refractivity contribution in [1.82, 2.24) is 14.8 Å². The summed E-state index contributed by atoms with van der Waals surface area (Å²) in [5.41, 5.74) is 1.70. The lowest BCUT2D eigenvalue weighted by molar-refractivity contribution is 0.0483. The van der Waals surface area contributed by atoms with Gasteiger partial charge < -0.3 is 14.5 Å². The van der Waals surface area contributed by atoms with Crippen molar-refractivity contribution in [3.8, 4) is 0 Å². The standard InChI is InChI=1S/C15H21N3O2/c1-11-3-13(5-16-4-11)15(19)18-7-12-6-17(2)8-14(18)10-20-9-12/h3-5,12,14H,6-10H2,1-2H3/t12-,14-/m0/s1. The van der Waals surface area contributed by atoms with Crippen molar-refractivity contribution in [2.24, 2.45) is 5.92 Å². The highest BCUT2D eigenvalue weighted by Crippen LogP contribution is 2.21. The zero-order chi connectivity index (χ0) is 14.1. The Hall–Kier alpha value is -1.46. The second kappa shape index (κ2) is 5.50. The minimum absolute atomic E-state index is 0.0806. The molecule has 0 unspecified atom stereocenters. The molecular weight excluding hydrogens is 254 g/mol. The fraction of sp³-hybridized carbons (Fsp3) is 0.600. The van der Waals surface area contributed by atoms with E-state index in [0.717, 1.165) is 31.8 Å². The summed E-state index contributed by atoms with van der Waals surface area (Å²) in [6.45, 7) is 5.99. The molecule has 2 aliphatic heterocycles. The summed E-state index contributed by atoms with van der Waals surface area (Å²) in [6.07, 6.45) is 3.43. The van der Waals surface area contributed by atoms with E-state index in [4.69, 9.17) is 4.74 Å². The summed E-state index contributed by atoms with van der Waals surface area (Å²) in [4.78, 5) is 21.2. The van der Waals surface area contributed by atoms with Crippen molar-refractivity contribution in [3.63, 3.8) is 0 Å². The van der Waals surface area contributed by atoms with Crippen LogP contribution in [-0.2, 0) is 4.74 Å². The minimum Gasteiger partial charge on any atom is -0.379 e. The van der Waals surface area contributed by atoms with E-state index < -0.39 is 0 Å². The molecule has 0 spiro atoms. The predicted molar refractivity (Wildman–Crippen MR) is 75.6 cm³/mol. The maximum absolute atomic E-state index is 12.8. The second-order valence-electron chi connectivity index (χ2n) is 5.99. The molecule has 5 heteroatoms. The fourth-order valence-corrected chi connectivity index (χ4v) is 3.16. The number of nitrogens with zero attached hydrogens (tertiary/aromatic N) is 3. The van der Waals surface area contributed by atoms with Gasteiger partial charge in [-0.1, -0.05) is 0 Å². The average molecular weight is 275 g/mol. The second-order valence-corrected chi connectivity index (χ2v) is 5.99. The topological polar surface area (TPSA) is 45.7 Å². The molecule has 1 aromatic rings. The molecule has 0 aromatic carbocycles. The van der Waals surface area contributed by atoms with Crippen LogP contribution in [0.4, 0.5) is 0 Å². The normalized spacial score (nSPS) is 27.2. The van der Waals surface area contributed by atoms with Crippen molar-refractivity contribution in [2.45, 2.75) is 13.0 Å². The van der Waals surface area contributed by atoms with Gasteiger partial charge in [0.1, 0.15) is 0 Å². The van der Waals surface area contributed by atoms with E-state index in [9.17, 15) is 4.79 Å². The van der Waals surface area contributed by atoms with Gasteiger partial charge in [0.05, 0.1) is 24.8 Å². The first-order chi connectivity index (χ1) is 9.63. The van der Waals surface area contributed by atoms with Crippen LogP contribution >= 0.6 is 0 Å². The van der Waals surface area contributed by atoms with E-state index in [1.807, 2.05) is 17.9 Å². The Kier molecular flexibility index (Phi) is 3.72. The number of ether oxygens (including phenoxy) is 1. The number of carbonyl (C=O) groups excluding carboxylic acids is 1. The molecule has 0 N–H and O–H groups in total. The highest BCUT2D eigenvalue weighted by atomic mass is 16.5. The zero-order valence-corrected chi connectivity index (χ0v) is 12.1. The van der Waals surface area contributed by atoms with Gasteiger partial charge >= 0.3 is 0 Å². The van der Waals surface area contributed by atoms with Gasteiger partial charge in [-0.15, -0.1) is 0 Å². The Bertz CT molecular complexity index is 506. The first-order valence-corrected chi connectivity index (χ1v) is 7.12. The quantitative estimate of drug-likeness (QED) is 0.760. The molecule has 1 amide bonds. The van der Waals surface area contributed by atoms with E-state index in [-0.39, 0.29) is 11.9 Å². The van der Waals surface area contributed by atoms with Crippen LogP contribution in [0.2, 0.25) is 0 Å². The van der Waals surface area contributed by atoms with Gasteiger partial charge in [-0.05, 0) is 25.6 Å². The SMILES string of the molecule is Cc1cncc(C(=O)N2C[C@H]3COC[C@@H]2CN(C)C3)c1. The lowest BCUT2D eigenvalue weighted by Crippen LogP contribution is -2.46. The minimum atomic E-state index is 0.0806. The number of amides is 1. The van der Waals surface area contributed by atoms with Crippen LogP contribution in [0.25, 0.3) is 0 Å². The summed E-state index contributed by atoms with van der Waals surface area (Å²) in [7, 11) is 2.12. The molecule has 5 nitrogen and oxygen atoms in total. The lowest BCUT2D eigenvalue weighted by Gasteiger charge is -2.29. The van der Waals surface area contributed by atoms with Gasteiger partial charge in [-0.25, -0.2) is 0 Å². The lowest BCUT2D eigenvalue weighted by atomic mass is 10.1. The third-order valence-electron chi connectivity index (χ3n) is 4.03. The number of hydrogen-bond acceptors (Lipinski definition) is 4. The smallest absolute Gasteiger partial charge is 0.255 e. The maximum atomic E-state index is 12.8. The zero-order valence-electron chi connectivity index (χ0n) is 12.1. The Balaban J connectivity index is 1.86. The molecule has 108 valence electrons. The largest absolute Gasteiger partial charge is 0.379 e. The average Bonchev–Trinajstić information content (AvgIpc) is 2.68. The first-order valence-electron chi connectivity index (χ1n) is 7.12. The third-order valence-corrected chi connectivity index (χ3v) is 4.03. The number of pyridine rings is 1. The Labute approximate surface area is 119 Å². The van der Waals surface area contributed by atoms with Crippen LogP contribution in [-0.4, -0.2) is 66.6 Å². The van der Waals surface area contributed by atoms with Gasteiger partial charge in [-0.3, -0.25) is 9.78 Å². The number of rotatable bonds is 1. The van der Waals surface area contributed by atoms with E-state index in [2.05, 4.69) is 16.9 Å². The summed E-state index contributed by atoms with van der Waals surface area (Å²) >= 11 is 0. The van der Waals surface area contributed by atoms with E-state index in [1.165, 1.54) is 0 Å². The molecule has 2 bridgehead atoms. The number of carbonyl (C=O) groups is 1. The molecule has 0 aliphatic carbocycles. The summed E-state index contributed by atoms with van der Waals surface area (Å²) in [5, 5.41) is 0. The Morgan fingerprint density at radius 3 is 2.95 bits per heavy atom. The Morgan fingerprint density at radius 1 is 1.30 bits per heavy atom. The van der Waals surface area contributed by atoms with Gasteiger partial charge in [0.25, 0.3) is 5.91 Å². The van der Waals surface area contributed by atoms with Gasteiger partial charge in [0.2, 0.25) is 0 Å². The summed E-state index contributed by atoms with van der Waals surface area (Å²) < 4.78 is 5.71.